The highest BCUT2D eigenvalue weighted by molar-refractivity contribution is 5.96. The van der Waals surface area contributed by atoms with E-state index in [1.165, 1.54) is 5.56 Å². The first-order valence-corrected chi connectivity index (χ1v) is 7.78. The lowest BCUT2D eigenvalue weighted by atomic mass is 10.0. The molecule has 2 unspecified atom stereocenters. The summed E-state index contributed by atoms with van der Waals surface area (Å²) in [5, 5.41) is 2.75. The highest BCUT2D eigenvalue weighted by Crippen LogP contribution is 2.15. The molecule has 0 bridgehead atoms. The van der Waals surface area contributed by atoms with Gasteiger partial charge in [-0.1, -0.05) is 37.3 Å². The fourth-order valence-electron chi connectivity index (χ4n) is 2.84. The Balaban J connectivity index is 1.85. The van der Waals surface area contributed by atoms with E-state index >= 15 is 0 Å². The maximum atomic E-state index is 12.2. The van der Waals surface area contributed by atoms with Gasteiger partial charge in [0.1, 0.15) is 12.1 Å². The minimum absolute atomic E-state index is 0.0207. The van der Waals surface area contributed by atoms with Crippen molar-refractivity contribution in [2.24, 2.45) is 0 Å². The Labute approximate surface area is 126 Å². The largest absolute Gasteiger partial charge is 0.343 e. The number of carbonyl (C=O) groups is 2. The number of carbonyl (C=O) groups excluding carboxylic acids is 2. The molecule has 1 N–H and O–H groups in total. The average molecular weight is 288 g/mol. The van der Waals surface area contributed by atoms with Crippen LogP contribution in [0, 0.1) is 0 Å². The van der Waals surface area contributed by atoms with Gasteiger partial charge in [0.2, 0.25) is 11.8 Å². The van der Waals surface area contributed by atoms with Crippen LogP contribution >= 0.6 is 0 Å². The Morgan fingerprint density at radius 1 is 1.14 bits per heavy atom. The van der Waals surface area contributed by atoms with E-state index in [1.807, 2.05) is 25.1 Å². The molecule has 1 fully saturated rings. The number of piperazine rings is 1. The summed E-state index contributed by atoms with van der Waals surface area (Å²) in [5.41, 5.74) is 1.32. The van der Waals surface area contributed by atoms with Gasteiger partial charge in [-0.05, 0) is 38.2 Å². The number of rotatable bonds is 6. The molecule has 4 nitrogen and oxygen atoms in total. The third-order valence-corrected chi connectivity index (χ3v) is 4.04. The minimum atomic E-state index is -0.394. The molecule has 1 saturated heterocycles. The van der Waals surface area contributed by atoms with Crippen molar-refractivity contribution in [3.05, 3.63) is 35.9 Å². The second-order valence-corrected chi connectivity index (χ2v) is 5.63. The molecule has 1 aromatic carbocycles. The molecule has 0 radical (unpaired) electrons. The van der Waals surface area contributed by atoms with Gasteiger partial charge in [-0.15, -0.1) is 0 Å². The van der Waals surface area contributed by atoms with E-state index in [2.05, 4.69) is 17.4 Å². The molecule has 2 atom stereocenters. The fraction of sp³-hybridized carbons (Fsp3) is 0.529. The van der Waals surface area contributed by atoms with Crippen molar-refractivity contribution in [3.8, 4) is 0 Å². The number of aryl methyl sites for hydroxylation is 1. The lowest BCUT2D eigenvalue weighted by Gasteiger charge is -2.37. The first kappa shape index (κ1) is 15.5. The number of hydrogen-bond donors (Lipinski definition) is 1. The minimum Gasteiger partial charge on any atom is -0.343 e. The van der Waals surface area contributed by atoms with Gasteiger partial charge in [-0.25, -0.2) is 0 Å². The number of unbranched alkanes of at least 4 members (excludes halogenated alkanes) is 1. The summed E-state index contributed by atoms with van der Waals surface area (Å²) in [6.45, 7) is 4.37. The van der Waals surface area contributed by atoms with E-state index in [0.717, 1.165) is 19.3 Å². The Hall–Kier alpha value is -1.84. The molecule has 0 saturated carbocycles. The second-order valence-electron chi connectivity index (χ2n) is 5.63. The number of amides is 2. The molecule has 1 aliphatic rings. The Bertz CT molecular complexity index is 487. The maximum absolute atomic E-state index is 12.2. The third-order valence-electron chi connectivity index (χ3n) is 4.04. The summed E-state index contributed by atoms with van der Waals surface area (Å²) in [6.07, 6.45) is 3.64. The average Bonchev–Trinajstić information content (AvgIpc) is 2.49. The summed E-state index contributed by atoms with van der Waals surface area (Å²) in [7, 11) is 0. The standard InChI is InChI=1S/C17H24N2O2/c1-3-15-16(20)18-13(2)17(21)19(15)12-8-7-11-14-9-5-4-6-10-14/h4-6,9-10,13,15H,3,7-8,11-12H2,1-2H3,(H,18,20). The van der Waals surface area contributed by atoms with Crippen molar-refractivity contribution in [1.82, 2.24) is 10.2 Å². The Morgan fingerprint density at radius 3 is 2.52 bits per heavy atom. The van der Waals surface area contributed by atoms with Crippen LogP contribution in [0.5, 0.6) is 0 Å². The van der Waals surface area contributed by atoms with Crippen LogP contribution < -0.4 is 5.32 Å². The van der Waals surface area contributed by atoms with Crippen molar-refractivity contribution in [1.29, 1.82) is 0 Å². The van der Waals surface area contributed by atoms with Gasteiger partial charge in [0.05, 0.1) is 0 Å². The zero-order valence-electron chi connectivity index (χ0n) is 12.8. The van der Waals surface area contributed by atoms with Crippen LogP contribution in [0.25, 0.3) is 0 Å². The lowest BCUT2D eigenvalue weighted by Crippen LogP contribution is -2.62. The van der Waals surface area contributed by atoms with Crippen molar-refractivity contribution in [2.45, 2.75) is 51.6 Å². The van der Waals surface area contributed by atoms with Crippen LogP contribution in [0.1, 0.15) is 38.7 Å². The van der Waals surface area contributed by atoms with Gasteiger partial charge < -0.3 is 10.2 Å². The highest BCUT2D eigenvalue weighted by atomic mass is 16.2. The van der Waals surface area contributed by atoms with Crippen LogP contribution in [0.3, 0.4) is 0 Å². The molecule has 4 heteroatoms. The molecule has 21 heavy (non-hydrogen) atoms. The smallest absolute Gasteiger partial charge is 0.245 e. The molecular formula is C17H24N2O2. The second kappa shape index (κ2) is 7.25. The summed E-state index contributed by atoms with van der Waals surface area (Å²) in [6, 6.07) is 9.65. The SMILES string of the molecule is CCC1C(=O)NC(C)C(=O)N1CCCCc1ccccc1. The Morgan fingerprint density at radius 2 is 1.86 bits per heavy atom. The summed E-state index contributed by atoms with van der Waals surface area (Å²) < 4.78 is 0. The van der Waals surface area contributed by atoms with Crippen LogP contribution in [-0.4, -0.2) is 35.3 Å². The molecule has 2 rings (SSSR count). The monoisotopic (exact) mass is 288 g/mol. The van der Waals surface area contributed by atoms with E-state index < -0.39 is 6.04 Å². The van der Waals surface area contributed by atoms with Gasteiger partial charge >= 0.3 is 0 Å². The van der Waals surface area contributed by atoms with Crippen LogP contribution in [-0.2, 0) is 16.0 Å². The zero-order valence-corrected chi connectivity index (χ0v) is 12.8. The van der Waals surface area contributed by atoms with E-state index in [0.29, 0.717) is 13.0 Å². The summed E-state index contributed by atoms with van der Waals surface area (Å²) in [5.74, 6) is 0.0221. The molecule has 0 aromatic heterocycles. The van der Waals surface area contributed by atoms with E-state index in [1.54, 1.807) is 11.8 Å². The Kier molecular flexibility index (Phi) is 5.37. The lowest BCUT2D eigenvalue weighted by molar-refractivity contribution is -0.149. The topological polar surface area (TPSA) is 49.4 Å². The van der Waals surface area contributed by atoms with Gasteiger partial charge in [0, 0.05) is 6.54 Å². The van der Waals surface area contributed by atoms with Crippen molar-refractivity contribution >= 4 is 11.8 Å². The molecule has 1 aliphatic heterocycles. The van der Waals surface area contributed by atoms with Crippen molar-refractivity contribution in [2.75, 3.05) is 6.54 Å². The quantitative estimate of drug-likeness (QED) is 0.815. The molecule has 1 aromatic rings. The molecular weight excluding hydrogens is 264 g/mol. The predicted molar refractivity (Wildman–Crippen MR) is 82.8 cm³/mol. The number of benzene rings is 1. The summed E-state index contributed by atoms with van der Waals surface area (Å²) >= 11 is 0. The van der Waals surface area contributed by atoms with Gasteiger partial charge in [-0.3, -0.25) is 9.59 Å². The highest BCUT2D eigenvalue weighted by Gasteiger charge is 2.36. The summed E-state index contributed by atoms with van der Waals surface area (Å²) in [4.78, 5) is 25.9. The van der Waals surface area contributed by atoms with Crippen LogP contribution in [0.4, 0.5) is 0 Å². The van der Waals surface area contributed by atoms with Crippen LogP contribution in [0.2, 0.25) is 0 Å². The van der Waals surface area contributed by atoms with Crippen molar-refractivity contribution in [3.63, 3.8) is 0 Å². The normalized spacial score (nSPS) is 22.3. The first-order chi connectivity index (χ1) is 10.1. The number of nitrogens with one attached hydrogen (secondary N) is 1. The van der Waals surface area contributed by atoms with Gasteiger partial charge in [0.25, 0.3) is 0 Å². The number of hydrogen-bond acceptors (Lipinski definition) is 2. The third kappa shape index (κ3) is 3.84. The fourth-order valence-corrected chi connectivity index (χ4v) is 2.84. The molecule has 0 spiro atoms. The molecule has 2 amide bonds. The van der Waals surface area contributed by atoms with Crippen LogP contribution in [0.15, 0.2) is 30.3 Å². The molecule has 114 valence electrons. The molecule has 1 heterocycles. The van der Waals surface area contributed by atoms with E-state index in [4.69, 9.17) is 0 Å². The zero-order chi connectivity index (χ0) is 15.2. The van der Waals surface area contributed by atoms with E-state index in [9.17, 15) is 9.59 Å². The van der Waals surface area contributed by atoms with Gasteiger partial charge in [-0.2, -0.15) is 0 Å². The maximum Gasteiger partial charge on any atom is 0.245 e. The van der Waals surface area contributed by atoms with Crippen molar-refractivity contribution < 1.29 is 9.59 Å². The predicted octanol–water partition coefficient (Wildman–Crippen LogP) is 2.13. The van der Waals surface area contributed by atoms with Gasteiger partial charge in [0.15, 0.2) is 0 Å². The first-order valence-electron chi connectivity index (χ1n) is 7.78. The molecule has 0 aliphatic carbocycles. The number of nitrogens with zero attached hydrogens (tertiary/aromatic N) is 1. The van der Waals surface area contributed by atoms with E-state index in [-0.39, 0.29) is 17.9 Å².